The van der Waals surface area contributed by atoms with Crippen molar-refractivity contribution < 1.29 is 24.2 Å². The first-order valence-electron chi connectivity index (χ1n) is 19.5. The monoisotopic (exact) mass is 636 g/mol. The van der Waals surface area contributed by atoms with Crippen LogP contribution in [0.3, 0.4) is 0 Å². The molecule has 2 bridgehead atoms. The number of carbonyl (C=O) groups excluding carboxylic acids is 2. The van der Waals surface area contributed by atoms with Gasteiger partial charge < -0.3 is 19.5 Å². The van der Waals surface area contributed by atoms with Crippen LogP contribution in [-0.2, 0) is 19.1 Å². The first-order valence-corrected chi connectivity index (χ1v) is 19.5. The highest BCUT2D eigenvalue weighted by Gasteiger charge is 2.41. The number of esters is 2. The Morgan fingerprint density at radius 1 is 0.667 bits per heavy atom. The van der Waals surface area contributed by atoms with Crippen molar-refractivity contribution in [2.45, 2.75) is 175 Å². The molecule has 0 spiro atoms. The molecule has 6 heteroatoms. The van der Waals surface area contributed by atoms with Crippen LogP contribution < -0.4 is 0 Å². The summed E-state index contributed by atoms with van der Waals surface area (Å²) in [5.74, 6) is 2.50. The Morgan fingerprint density at radius 3 is 1.71 bits per heavy atom. The number of aliphatic hydroxyl groups excluding tert-OH is 1. The zero-order valence-corrected chi connectivity index (χ0v) is 30.0. The summed E-state index contributed by atoms with van der Waals surface area (Å²) < 4.78 is 11.2. The smallest absolute Gasteiger partial charge is 0.305 e. The molecule has 0 amide bonds. The summed E-state index contributed by atoms with van der Waals surface area (Å²) in [6, 6.07) is 0. The van der Waals surface area contributed by atoms with Crippen molar-refractivity contribution in [2.24, 2.45) is 23.2 Å². The van der Waals surface area contributed by atoms with E-state index in [1.807, 2.05) is 0 Å². The van der Waals surface area contributed by atoms with E-state index in [1.165, 1.54) is 83.5 Å². The van der Waals surface area contributed by atoms with Crippen LogP contribution in [0.1, 0.15) is 175 Å². The molecule has 2 saturated carbocycles. The third-order valence-corrected chi connectivity index (χ3v) is 10.4. The highest BCUT2D eigenvalue weighted by molar-refractivity contribution is 5.69. The van der Waals surface area contributed by atoms with Crippen molar-refractivity contribution in [3.05, 3.63) is 0 Å². The van der Waals surface area contributed by atoms with Gasteiger partial charge in [-0.1, -0.05) is 97.8 Å². The zero-order chi connectivity index (χ0) is 32.6. The number of nitrogens with zero attached hydrogens (tertiary/aromatic N) is 1. The first kappa shape index (κ1) is 40.0. The van der Waals surface area contributed by atoms with Crippen molar-refractivity contribution in [3.8, 4) is 0 Å². The van der Waals surface area contributed by atoms with Crippen LogP contribution in [0.5, 0.6) is 0 Å². The summed E-state index contributed by atoms with van der Waals surface area (Å²) in [5.41, 5.74) is 0.186. The van der Waals surface area contributed by atoms with E-state index in [2.05, 4.69) is 25.7 Å². The number of unbranched alkanes of at least 4 members (excludes halogenated alkanes) is 14. The molecular weight excluding hydrogens is 562 g/mol. The molecule has 264 valence electrons. The van der Waals surface area contributed by atoms with E-state index < -0.39 is 0 Å². The maximum atomic E-state index is 12.4. The Bertz CT molecular complexity index is 740. The normalized spacial score (nSPS) is 22.9. The molecule has 2 aliphatic rings. The highest BCUT2D eigenvalue weighted by Crippen LogP contribution is 2.50. The average Bonchev–Trinajstić information content (AvgIpc) is 2.99. The predicted molar refractivity (Wildman–Crippen MR) is 186 cm³/mol. The second-order valence-corrected chi connectivity index (χ2v) is 15.4. The van der Waals surface area contributed by atoms with Gasteiger partial charge in [-0.25, -0.2) is 0 Å². The molecule has 0 heterocycles. The van der Waals surface area contributed by atoms with Crippen molar-refractivity contribution in [2.75, 3.05) is 39.5 Å². The third-order valence-electron chi connectivity index (χ3n) is 10.4. The fourth-order valence-corrected chi connectivity index (χ4v) is 8.22. The van der Waals surface area contributed by atoms with E-state index in [4.69, 9.17) is 9.47 Å². The molecule has 2 rings (SSSR count). The van der Waals surface area contributed by atoms with Crippen LogP contribution in [0.25, 0.3) is 0 Å². The lowest BCUT2D eigenvalue weighted by atomic mass is 9.60. The molecule has 0 saturated heterocycles. The predicted octanol–water partition coefficient (Wildman–Crippen LogP) is 9.65. The maximum Gasteiger partial charge on any atom is 0.305 e. The number of hydrogen-bond acceptors (Lipinski definition) is 6. The van der Waals surface area contributed by atoms with Crippen LogP contribution in [-0.4, -0.2) is 61.4 Å². The summed E-state index contributed by atoms with van der Waals surface area (Å²) in [4.78, 5) is 26.7. The van der Waals surface area contributed by atoms with Gasteiger partial charge in [-0.15, -0.1) is 0 Å². The fourth-order valence-electron chi connectivity index (χ4n) is 8.22. The van der Waals surface area contributed by atoms with E-state index in [-0.39, 0.29) is 24.0 Å². The quantitative estimate of drug-likeness (QED) is 0.0681. The Labute approximate surface area is 278 Å². The molecular formula is C39H73NO5. The van der Waals surface area contributed by atoms with Crippen LogP contribution in [0.15, 0.2) is 0 Å². The van der Waals surface area contributed by atoms with E-state index in [0.717, 1.165) is 95.2 Å². The molecule has 2 unspecified atom stereocenters. The van der Waals surface area contributed by atoms with Gasteiger partial charge in [0, 0.05) is 24.8 Å². The summed E-state index contributed by atoms with van der Waals surface area (Å²) in [5, 5.41) is 9.49. The van der Waals surface area contributed by atoms with Gasteiger partial charge >= 0.3 is 11.9 Å². The molecule has 0 aromatic heterocycles. The van der Waals surface area contributed by atoms with Crippen molar-refractivity contribution in [1.82, 2.24) is 4.90 Å². The third kappa shape index (κ3) is 20.0. The molecule has 0 aliphatic heterocycles. The highest BCUT2D eigenvalue weighted by atomic mass is 16.5. The Balaban J connectivity index is 1.38. The lowest BCUT2D eigenvalue weighted by Crippen LogP contribution is -2.39. The summed E-state index contributed by atoms with van der Waals surface area (Å²) in [7, 11) is 0. The maximum absolute atomic E-state index is 12.4. The number of fused-ring (bicyclic) bond motifs is 2. The fraction of sp³-hybridized carbons (Fsp3) is 0.949. The van der Waals surface area contributed by atoms with Gasteiger partial charge in [0.05, 0.1) is 19.8 Å². The van der Waals surface area contributed by atoms with E-state index in [1.54, 1.807) is 0 Å². The molecule has 6 nitrogen and oxygen atoms in total. The second kappa shape index (κ2) is 25.0. The second-order valence-electron chi connectivity index (χ2n) is 15.4. The minimum atomic E-state index is -0.0319. The van der Waals surface area contributed by atoms with Crippen LogP contribution in [0, 0.1) is 23.2 Å². The minimum Gasteiger partial charge on any atom is -0.466 e. The van der Waals surface area contributed by atoms with E-state index >= 15 is 0 Å². The molecule has 2 fully saturated rings. The van der Waals surface area contributed by atoms with Crippen LogP contribution in [0.4, 0.5) is 0 Å². The minimum absolute atomic E-state index is 0.00631. The molecule has 45 heavy (non-hydrogen) atoms. The Morgan fingerprint density at radius 2 is 1.16 bits per heavy atom. The number of carbonyl (C=O) groups is 2. The average molecular weight is 636 g/mol. The van der Waals surface area contributed by atoms with E-state index in [9.17, 15) is 14.7 Å². The lowest BCUT2D eigenvalue weighted by molar-refractivity contribution is -0.149. The van der Waals surface area contributed by atoms with Crippen LogP contribution >= 0.6 is 0 Å². The van der Waals surface area contributed by atoms with Crippen molar-refractivity contribution >= 4 is 11.9 Å². The summed E-state index contributed by atoms with van der Waals surface area (Å²) in [6.07, 6.45) is 27.3. The number of aliphatic hydroxyl groups is 1. The number of hydrogen-bond donors (Lipinski definition) is 1. The van der Waals surface area contributed by atoms with Gasteiger partial charge in [0.2, 0.25) is 0 Å². The molecule has 0 aromatic carbocycles. The van der Waals surface area contributed by atoms with Gasteiger partial charge in [-0.3, -0.25) is 9.59 Å². The lowest BCUT2D eigenvalue weighted by Gasteiger charge is -2.46. The van der Waals surface area contributed by atoms with Gasteiger partial charge in [0.1, 0.15) is 0 Å². The molecule has 0 aromatic rings. The van der Waals surface area contributed by atoms with Gasteiger partial charge in [-0.2, -0.15) is 0 Å². The topological polar surface area (TPSA) is 76.1 Å². The molecule has 0 radical (unpaired) electrons. The first-order chi connectivity index (χ1) is 21.8. The summed E-state index contributed by atoms with van der Waals surface area (Å²) in [6.45, 7) is 11.2. The largest absolute Gasteiger partial charge is 0.466 e. The van der Waals surface area contributed by atoms with Crippen molar-refractivity contribution in [1.29, 1.82) is 0 Å². The van der Waals surface area contributed by atoms with E-state index in [0.29, 0.717) is 26.1 Å². The number of rotatable bonds is 28. The van der Waals surface area contributed by atoms with Gasteiger partial charge in [0.25, 0.3) is 0 Å². The summed E-state index contributed by atoms with van der Waals surface area (Å²) >= 11 is 0. The number of ether oxygens (including phenoxy) is 2. The molecule has 1 N–H and O–H groups in total. The standard InChI is InChI=1S/C39H73NO5/c1-4-5-6-7-8-15-20-27-44-37(42)21-16-11-9-13-18-23-40(25-26-41)24-19-14-10-12-17-22-38(43)45-33-39(3)31-35-28-34(2)29-36(30-35)32-39/h34-36,41H,4-33H2,1-3H3. The Kier molecular flexibility index (Phi) is 22.2. The van der Waals surface area contributed by atoms with Gasteiger partial charge in [-0.05, 0) is 95.1 Å². The SMILES string of the molecule is CCCCCCCCCOC(=O)CCCCCCCN(CCO)CCCCCCCC(=O)OCC1(C)CC2CC(C)CC(C2)C1. The Hall–Kier alpha value is -1.14. The molecule has 2 atom stereocenters. The van der Waals surface area contributed by atoms with Crippen molar-refractivity contribution in [3.63, 3.8) is 0 Å². The zero-order valence-electron chi connectivity index (χ0n) is 30.0. The van der Waals surface area contributed by atoms with Crippen LogP contribution in [0.2, 0.25) is 0 Å². The van der Waals surface area contributed by atoms with Gasteiger partial charge in [0.15, 0.2) is 0 Å². The molecule has 2 aliphatic carbocycles.